The van der Waals surface area contributed by atoms with E-state index < -0.39 is 11.0 Å². The van der Waals surface area contributed by atoms with Crippen LogP contribution in [0.5, 0.6) is 0 Å². The molecule has 9 heteroatoms. The summed E-state index contributed by atoms with van der Waals surface area (Å²) in [5, 5.41) is 17.3. The summed E-state index contributed by atoms with van der Waals surface area (Å²) in [6.45, 7) is 1.93. The quantitative estimate of drug-likeness (QED) is 0.607. The molecule has 0 fully saturated rings. The van der Waals surface area contributed by atoms with Crippen molar-refractivity contribution in [3.8, 4) is 0 Å². The number of carbonyl (C=O) groups is 2. The van der Waals surface area contributed by atoms with Crippen molar-refractivity contribution in [2.45, 2.75) is 20.0 Å². The van der Waals surface area contributed by atoms with Gasteiger partial charge in [-0.3, -0.25) is 20.2 Å². The molecule has 0 saturated heterocycles. The number of benzene rings is 2. The van der Waals surface area contributed by atoms with Crippen LogP contribution in [0.4, 0.5) is 16.2 Å². The van der Waals surface area contributed by atoms with Crippen molar-refractivity contribution in [3.63, 3.8) is 0 Å². The van der Waals surface area contributed by atoms with E-state index in [1.807, 2.05) is 6.92 Å². The SMILES string of the molecule is CC1CC(=O)NN=C1c1ccc(NC(=O)OCc2ccc([N+](=O)[O-])cc2)cc1. The minimum Gasteiger partial charge on any atom is -0.444 e. The van der Waals surface area contributed by atoms with Gasteiger partial charge in [0.15, 0.2) is 0 Å². The number of non-ortho nitro benzene ring substituents is 1. The van der Waals surface area contributed by atoms with Crippen LogP contribution >= 0.6 is 0 Å². The molecule has 1 aliphatic rings. The highest BCUT2D eigenvalue weighted by atomic mass is 16.6. The number of nitro groups is 1. The highest BCUT2D eigenvalue weighted by molar-refractivity contribution is 6.06. The van der Waals surface area contributed by atoms with Gasteiger partial charge in [0.25, 0.3) is 5.69 Å². The molecule has 2 amide bonds. The molecule has 1 atom stereocenters. The average Bonchev–Trinajstić information content (AvgIpc) is 2.67. The lowest BCUT2D eigenvalue weighted by Crippen LogP contribution is -2.31. The van der Waals surface area contributed by atoms with Crippen molar-refractivity contribution in [1.29, 1.82) is 0 Å². The lowest BCUT2D eigenvalue weighted by Gasteiger charge is -2.19. The summed E-state index contributed by atoms with van der Waals surface area (Å²) in [4.78, 5) is 33.4. The second kappa shape index (κ2) is 8.30. The Morgan fingerprint density at radius 3 is 2.54 bits per heavy atom. The van der Waals surface area contributed by atoms with Crippen LogP contribution in [0.3, 0.4) is 0 Å². The molecular formula is C19H18N4O5. The Morgan fingerprint density at radius 2 is 1.93 bits per heavy atom. The van der Waals surface area contributed by atoms with E-state index in [1.54, 1.807) is 24.3 Å². The maximum Gasteiger partial charge on any atom is 0.411 e. The monoisotopic (exact) mass is 382 g/mol. The summed E-state index contributed by atoms with van der Waals surface area (Å²) in [7, 11) is 0. The maximum absolute atomic E-state index is 11.9. The molecule has 144 valence electrons. The van der Waals surface area contributed by atoms with Gasteiger partial charge in [-0.2, -0.15) is 5.10 Å². The predicted octanol–water partition coefficient (Wildman–Crippen LogP) is 3.20. The second-order valence-corrected chi connectivity index (χ2v) is 6.34. The van der Waals surface area contributed by atoms with Crippen LogP contribution < -0.4 is 10.7 Å². The number of hydrazone groups is 1. The highest BCUT2D eigenvalue weighted by Crippen LogP contribution is 2.19. The number of amides is 2. The minimum absolute atomic E-state index is 0.00404. The first-order valence-corrected chi connectivity index (χ1v) is 8.56. The van der Waals surface area contributed by atoms with Gasteiger partial charge >= 0.3 is 6.09 Å². The Hall–Kier alpha value is -3.75. The maximum atomic E-state index is 11.9. The summed E-state index contributed by atoms with van der Waals surface area (Å²) in [6, 6.07) is 12.8. The van der Waals surface area contributed by atoms with Crippen LogP contribution in [0.25, 0.3) is 0 Å². The molecule has 0 bridgehead atoms. The number of ether oxygens (including phenoxy) is 1. The van der Waals surface area contributed by atoms with Gasteiger partial charge in [0.2, 0.25) is 5.91 Å². The van der Waals surface area contributed by atoms with E-state index >= 15 is 0 Å². The van der Waals surface area contributed by atoms with Gasteiger partial charge in [-0.25, -0.2) is 10.2 Å². The van der Waals surface area contributed by atoms with Crippen molar-refractivity contribution in [2.24, 2.45) is 11.0 Å². The lowest BCUT2D eigenvalue weighted by atomic mass is 9.94. The number of nitrogens with one attached hydrogen (secondary N) is 2. The number of nitro benzene ring substituents is 1. The fourth-order valence-electron chi connectivity index (χ4n) is 2.74. The molecule has 2 aromatic carbocycles. The third kappa shape index (κ3) is 4.70. The van der Waals surface area contributed by atoms with E-state index in [1.165, 1.54) is 24.3 Å². The molecule has 0 aromatic heterocycles. The largest absolute Gasteiger partial charge is 0.444 e. The zero-order valence-electron chi connectivity index (χ0n) is 15.0. The molecule has 2 N–H and O–H groups in total. The second-order valence-electron chi connectivity index (χ2n) is 6.34. The molecule has 0 radical (unpaired) electrons. The van der Waals surface area contributed by atoms with Gasteiger partial charge in [-0.1, -0.05) is 19.1 Å². The van der Waals surface area contributed by atoms with Crippen LogP contribution in [0.1, 0.15) is 24.5 Å². The van der Waals surface area contributed by atoms with Crippen molar-refractivity contribution in [2.75, 3.05) is 5.32 Å². The van der Waals surface area contributed by atoms with Gasteiger partial charge in [0.1, 0.15) is 6.61 Å². The van der Waals surface area contributed by atoms with Crippen molar-refractivity contribution >= 4 is 29.1 Å². The molecule has 3 rings (SSSR count). The minimum atomic E-state index is -0.637. The number of anilines is 1. The van der Waals surface area contributed by atoms with Gasteiger partial charge in [-0.15, -0.1) is 0 Å². The summed E-state index contributed by atoms with van der Waals surface area (Å²) >= 11 is 0. The molecule has 1 unspecified atom stereocenters. The first-order chi connectivity index (χ1) is 13.4. The summed E-state index contributed by atoms with van der Waals surface area (Å²) in [5.74, 6) is -0.0930. The fraction of sp³-hybridized carbons (Fsp3) is 0.211. The molecule has 9 nitrogen and oxygen atoms in total. The molecule has 1 aliphatic heterocycles. The van der Waals surface area contributed by atoms with Crippen LogP contribution in [0.15, 0.2) is 53.6 Å². The highest BCUT2D eigenvalue weighted by Gasteiger charge is 2.21. The van der Waals surface area contributed by atoms with E-state index in [-0.39, 0.29) is 24.1 Å². The zero-order chi connectivity index (χ0) is 20.1. The van der Waals surface area contributed by atoms with E-state index in [2.05, 4.69) is 15.8 Å². The predicted molar refractivity (Wildman–Crippen MR) is 102 cm³/mol. The van der Waals surface area contributed by atoms with Crippen LogP contribution in [0.2, 0.25) is 0 Å². The first-order valence-electron chi connectivity index (χ1n) is 8.56. The van der Waals surface area contributed by atoms with Crippen LogP contribution in [-0.2, 0) is 16.1 Å². The molecule has 0 saturated carbocycles. The molecule has 1 heterocycles. The number of carbonyl (C=O) groups excluding carboxylic acids is 2. The molecule has 0 aliphatic carbocycles. The molecule has 28 heavy (non-hydrogen) atoms. The van der Waals surface area contributed by atoms with E-state index in [0.29, 0.717) is 17.7 Å². The zero-order valence-corrected chi connectivity index (χ0v) is 15.0. The Balaban J connectivity index is 1.54. The van der Waals surface area contributed by atoms with E-state index in [9.17, 15) is 19.7 Å². The number of rotatable bonds is 5. The third-order valence-electron chi connectivity index (χ3n) is 4.20. The molecule has 0 spiro atoms. The summed E-state index contributed by atoms with van der Waals surface area (Å²) in [6.07, 6.45) is -0.255. The summed E-state index contributed by atoms with van der Waals surface area (Å²) < 4.78 is 5.12. The molecular weight excluding hydrogens is 364 g/mol. The van der Waals surface area contributed by atoms with E-state index in [4.69, 9.17) is 4.74 Å². The number of nitrogens with zero attached hydrogens (tertiary/aromatic N) is 2. The topological polar surface area (TPSA) is 123 Å². The lowest BCUT2D eigenvalue weighted by molar-refractivity contribution is -0.384. The van der Waals surface area contributed by atoms with Gasteiger partial charge in [0.05, 0.1) is 10.6 Å². The van der Waals surface area contributed by atoms with Crippen molar-refractivity contribution < 1.29 is 19.2 Å². The van der Waals surface area contributed by atoms with Gasteiger partial charge in [0, 0.05) is 30.2 Å². The van der Waals surface area contributed by atoms with Crippen molar-refractivity contribution in [3.05, 3.63) is 69.8 Å². The van der Waals surface area contributed by atoms with Gasteiger partial charge < -0.3 is 4.74 Å². The van der Waals surface area contributed by atoms with Crippen LogP contribution in [0, 0.1) is 16.0 Å². The van der Waals surface area contributed by atoms with Crippen molar-refractivity contribution in [1.82, 2.24) is 5.43 Å². The Morgan fingerprint density at radius 1 is 1.25 bits per heavy atom. The molecule has 2 aromatic rings. The first kappa shape index (κ1) is 19.0. The Labute approximate surface area is 160 Å². The Bertz CT molecular complexity index is 922. The number of hydrogen-bond donors (Lipinski definition) is 2. The smallest absolute Gasteiger partial charge is 0.411 e. The average molecular weight is 382 g/mol. The fourth-order valence-corrected chi connectivity index (χ4v) is 2.74. The third-order valence-corrected chi connectivity index (χ3v) is 4.20. The number of hydrogen-bond acceptors (Lipinski definition) is 6. The van der Waals surface area contributed by atoms with Crippen LogP contribution in [-0.4, -0.2) is 22.6 Å². The standard InChI is InChI=1S/C19H18N4O5/c1-12-10-17(24)21-22-18(12)14-4-6-15(7-5-14)20-19(25)28-11-13-2-8-16(9-3-13)23(26)27/h2-9,12H,10-11H2,1H3,(H,20,25)(H,21,24). The Kier molecular flexibility index (Phi) is 5.64. The van der Waals surface area contributed by atoms with Gasteiger partial charge in [-0.05, 0) is 35.4 Å². The normalized spacial score (nSPS) is 16.0. The summed E-state index contributed by atoms with van der Waals surface area (Å²) in [5.41, 5.74) is 5.28. The van der Waals surface area contributed by atoms with E-state index in [0.717, 1.165) is 11.3 Å².